The van der Waals surface area contributed by atoms with Crippen molar-refractivity contribution in [3.05, 3.63) is 56.6 Å². The molecular weight excluding hydrogens is 432 g/mol. The van der Waals surface area contributed by atoms with Crippen molar-refractivity contribution in [3.63, 3.8) is 0 Å². The Balaban J connectivity index is 1.70. The maximum atomic E-state index is 13.7. The fourth-order valence-corrected chi connectivity index (χ4v) is 4.52. The number of imidazole rings is 1. The van der Waals surface area contributed by atoms with Gasteiger partial charge in [0.1, 0.15) is 5.82 Å². The zero-order valence-corrected chi connectivity index (χ0v) is 19.4. The van der Waals surface area contributed by atoms with Crippen molar-refractivity contribution in [1.29, 1.82) is 0 Å². The van der Waals surface area contributed by atoms with E-state index in [2.05, 4.69) is 21.8 Å². The van der Waals surface area contributed by atoms with Crippen LogP contribution in [0, 0.1) is 18.8 Å². The first-order valence-corrected chi connectivity index (χ1v) is 11.2. The molecule has 2 N–H and O–H groups in total. The van der Waals surface area contributed by atoms with Crippen molar-refractivity contribution in [3.8, 4) is 11.8 Å². The Morgan fingerprint density at radius 1 is 1.15 bits per heavy atom. The molecule has 0 unspecified atom stereocenters. The standard InChI is InChI=1S/C24H26N8O2/c1-4-5-11-31-20-21(28-23(31)30-12-10-16(25)13-30)29(3)24(34)32(22(20)33)14-19-26-15(2)17-8-6-7-9-18(17)27-19/h6-9,16H,10-14,25H2,1-3H3/t16-/m1/s1. The lowest BCUT2D eigenvalue weighted by Crippen LogP contribution is -2.40. The summed E-state index contributed by atoms with van der Waals surface area (Å²) < 4.78 is 4.36. The maximum absolute atomic E-state index is 13.7. The summed E-state index contributed by atoms with van der Waals surface area (Å²) in [5, 5.41) is 0.937. The molecule has 3 aromatic heterocycles. The van der Waals surface area contributed by atoms with Crippen molar-refractivity contribution in [2.45, 2.75) is 39.4 Å². The predicted molar refractivity (Wildman–Crippen MR) is 131 cm³/mol. The molecule has 10 heteroatoms. The molecule has 10 nitrogen and oxygen atoms in total. The van der Waals surface area contributed by atoms with E-state index in [0.29, 0.717) is 29.5 Å². The third-order valence-corrected chi connectivity index (χ3v) is 6.27. The topological polar surface area (TPSA) is 117 Å². The molecule has 4 heterocycles. The second-order valence-electron chi connectivity index (χ2n) is 8.57. The largest absolute Gasteiger partial charge is 0.341 e. The fraction of sp³-hybridized carbons (Fsp3) is 0.375. The number of rotatable bonds is 4. The van der Waals surface area contributed by atoms with Crippen LogP contribution in [-0.4, -0.2) is 47.8 Å². The second-order valence-corrected chi connectivity index (χ2v) is 8.57. The number of aryl methyl sites for hydroxylation is 2. The van der Waals surface area contributed by atoms with Gasteiger partial charge in [0, 0.05) is 37.3 Å². The van der Waals surface area contributed by atoms with Crippen LogP contribution < -0.4 is 21.9 Å². The molecule has 1 saturated heterocycles. The van der Waals surface area contributed by atoms with Gasteiger partial charge in [-0.3, -0.25) is 18.5 Å². The van der Waals surface area contributed by atoms with Gasteiger partial charge in [0.05, 0.1) is 18.6 Å². The van der Waals surface area contributed by atoms with Crippen molar-refractivity contribution >= 4 is 28.0 Å². The normalized spacial score (nSPS) is 15.8. The van der Waals surface area contributed by atoms with E-state index in [1.54, 1.807) is 18.5 Å². The van der Waals surface area contributed by atoms with Crippen LogP contribution in [0.2, 0.25) is 0 Å². The monoisotopic (exact) mass is 458 g/mol. The number of anilines is 1. The summed E-state index contributed by atoms with van der Waals surface area (Å²) in [5.74, 6) is 6.92. The summed E-state index contributed by atoms with van der Waals surface area (Å²) >= 11 is 0. The van der Waals surface area contributed by atoms with Gasteiger partial charge in [-0.1, -0.05) is 24.1 Å². The van der Waals surface area contributed by atoms with Gasteiger partial charge < -0.3 is 10.6 Å². The fourth-order valence-electron chi connectivity index (χ4n) is 4.52. The molecule has 0 amide bonds. The molecule has 4 aromatic rings. The lowest BCUT2D eigenvalue weighted by Gasteiger charge is -2.17. The molecular formula is C24H26N8O2. The van der Waals surface area contributed by atoms with Gasteiger partial charge in [0.2, 0.25) is 5.95 Å². The van der Waals surface area contributed by atoms with Crippen molar-refractivity contribution in [1.82, 2.24) is 28.7 Å². The minimum atomic E-state index is -0.470. The molecule has 0 aliphatic carbocycles. The Hall–Kier alpha value is -3.97. The molecule has 1 atom stereocenters. The molecule has 1 aliphatic heterocycles. The van der Waals surface area contributed by atoms with Crippen LogP contribution in [0.1, 0.15) is 24.9 Å². The van der Waals surface area contributed by atoms with E-state index in [0.717, 1.165) is 29.6 Å². The van der Waals surface area contributed by atoms with E-state index in [9.17, 15) is 9.59 Å². The zero-order valence-electron chi connectivity index (χ0n) is 19.4. The zero-order chi connectivity index (χ0) is 24.0. The minimum Gasteiger partial charge on any atom is -0.341 e. The van der Waals surface area contributed by atoms with E-state index < -0.39 is 11.2 Å². The van der Waals surface area contributed by atoms with Crippen LogP contribution in [-0.2, 0) is 20.1 Å². The summed E-state index contributed by atoms with van der Waals surface area (Å²) in [4.78, 5) is 42.8. The van der Waals surface area contributed by atoms with Gasteiger partial charge in [-0.25, -0.2) is 14.8 Å². The summed E-state index contributed by atoms with van der Waals surface area (Å²) in [5.41, 5.74) is 7.43. The molecule has 5 rings (SSSR count). The van der Waals surface area contributed by atoms with Crippen molar-refractivity contribution in [2.24, 2.45) is 12.8 Å². The molecule has 0 saturated carbocycles. The van der Waals surface area contributed by atoms with Crippen LogP contribution in [0.3, 0.4) is 0 Å². The number of hydrogen-bond acceptors (Lipinski definition) is 7. The predicted octanol–water partition coefficient (Wildman–Crippen LogP) is 0.757. The number of fused-ring (bicyclic) bond motifs is 2. The third-order valence-electron chi connectivity index (χ3n) is 6.27. The lowest BCUT2D eigenvalue weighted by molar-refractivity contribution is 0.633. The molecule has 0 bridgehead atoms. The van der Waals surface area contributed by atoms with Crippen LogP contribution in [0.15, 0.2) is 33.9 Å². The third kappa shape index (κ3) is 3.54. The van der Waals surface area contributed by atoms with Gasteiger partial charge in [0.15, 0.2) is 11.2 Å². The number of para-hydroxylation sites is 1. The van der Waals surface area contributed by atoms with Gasteiger partial charge in [-0.05, 0) is 26.3 Å². The maximum Gasteiger partial charge on any atom is 0.332 e. The highest BCUT2D eigenvalue weighted by Crippen LogP contribution is 2.23. The Morgan fingerprint density at radius 3 is 2.68 bits per heavy atom. The highest BCUT2D eigenvalue weighted by atomic mass is 16.2. The molecule has 0 radical (unpaired) electrons. The number of nitrogens with zero attached hydrogens (tertiary/aromatic N) is 7. The summed E-state index contributed by atoms with van der Waals surface area (Å²) in [6.45, 7) is 5.25. The van der Waals surface area contributed by atoms with Crippen molar-refractivity contribution in [2.75, 3.05) is 18.0 Å². The van der Waals surface area contributed by atoms with E-state index in [-0.39, 0.29) is 19.1 Å². The second kappa shape index (κ2) is 8.43. The van der Waals surface area contributed by atoms with E-state index in [1.165, 1.54) is 9.13 Å². The average molecular weight is 459 g/mol. The quantitative estimate of drug-likeness (QED) is 0.449. The molecule has 1 aliphatic rings. The van der Waals surface area contributed by atoms with E-state index >= 15 is 0 Å². The number of benzene rings is 1. The van der Waals surface area contributed by atoms with Crippen molar-refractivity contribution < 1.29 is 0 Å². The van der Waals surface area contributed by atoms with Gasteiger partial charge >= 0.3 is 5.69 Å². The number of aromatic nitrogens is 6. The summed E-state index contributed by atoms with van der Waals surface area (Å²) in [6.07, 6.45) is 0.838. The van der Waals surface area contributed by atoms with Gasteiger partial charge in [-0.2, -0.15) is 4.98 Å². The Kier molecular flexibility index (Phi) is 5.42. The molecule has 174 valence electrons. The van der Waals surface area contributed by atoms with Gasteiger partial charge in [-0.15, -0.1) is 5.92 Å². The lowest BCUT2D eigenvalue weighted by atomic mass is 10.2. The first-order valence-electron chi connectivity index (χ1n) is 11.2. The number of nitrogens with two attached hydrogens (primary N) is 1. The average Bonchev–Trinajstić information content (AvgIpc) is 3.42. The highest BCUT2D eigenvalue weighted by Gasteiger charge is 2.27. The smallest absolute Gasteiger partial charge is 0.332 e. The Labute approximate surface area is 195 Å². The van der Waals surface area contributed by atoms with Crippen LogP contribution >= 0.6 is 0 Å². The van der Waals surface area contributed by atoms with E-state index in [1.807, 2.05) is 36.1 Å². The first-order chi connectivity index (χ1) is 16.4. The SMILES string of the molecule is CC#CCn1c(N2CC[C@@H](N)C2)nc2c1c(=O)n(Cc1nc(C)c3ccccc3n1)c(=O)n2C. The van der Waals surface area contributed by atoms with E-state index in [4.69, 9.17) is 10.7 Å². The van der Waals surface area contributed by atoms with Crippen LogP contribution in [0.5, 0.6) is 0 Å². The molecule has 1 aromatic carbocycles. The minimum absolute atomic E-state index is 0.0400. The highest BCUT2D eigenvalue weighted by molar-refractivity contribution is 5.80. The molecule has 1 fully saturated rings. The summed E-state index contributed by atoms with van der Waals surface area (Å²) in [6, 6.07) is 7.71. The molecule has 34 heavy (non-hydrogen) atoms. The van der Waals surface area contributed by atoms with Gasteiger partial charge in [0.25, 0.3) is 5.56 Å². The van der Waals surface area contributed by atoms with Crippen LogP contribution in [0.4, 0.5) is 5.95 Å². The Morgan fingerprint density at radius 2 is 1.94 bits per heavy atom. The number of hydrogen-bond donors (Lipinski definition) is 1. The Bertz CT molecular complexity index is 1600. The first kappa shape index (κ1) is 21.9. The summed E-state index contributed by atoms with van der Waals surface area (Å²) in [7, 11) is 1.62. The van der Waals surface area contributed by atoms with Crippen LogP contribution in [0.25, 0.3) is 22.1 Å². The molecule has 0 spiro atoms.